The molecule has 2 aromatic rings. The second kappa shape index (κ2) is 5.60. The van der Waals surface area contributed by atoms with Gasteiger partial charge in [-0.25, -0.2) is 0 Å². The number of phenolic OH excluding ortho intramolecular Hbond substituents is 1. The Hall–Kier alpha value is -2.29. The van der Waals surface area contributed by atoms with Crippen LogP contribution in [0.25, 0.3) is 0 Å². The number of hydrogen-bond acceptors (Lipinski definition) is 2. The Balaban J connectivity index is 1.77. The van der Waals surface area contributed by atoms with Gasteiger partial charge in [0.1, 0.15) is 5.75 Å². The molecule has 21 heavy (non-hydrogen) atoms. The number of carbonyl (C=O) groups is 1. The number of rotatable bonds is 2. The summed E-state index contributed by atoms with van der Waals surface area (Å²) < 4.78 is 0. The van der Waals surface area contributed by atoms with E-state index in [-0.39, 0.29) is 11.7 Å². The molecule has 3 heteroatoms. The molecule has 1 saturated heterocycles. The molecule has 1 amide bonds. The van der Waals surface area contributed by atoms with Gasteiger partial charge in [0.2, 0.25) is 0 Å². The smallest absolute Gasteiger partial charge is 0.257 e. The summed E-state index contributed by atoms with van der Waals surface area (Å²) in [7, 11) is 0. The number of hydrogen-bond donors (Lipinski definition) is 1. The minimum absolute atomic E-state index is 0.0637. The zero-order valence-electron chi connectivity index (χ0n) is 12.1. The van der Waals surface area contributed by atoms with E-state index in [1.54, 1.807) is 12.1 Å². The lowest BCUT2D eigenvalue weighted by atomic mass is 9.99. The number of likely N-dealkylation sites (tertiary alicyclic amines) is 1. The van der Waals surface area contributed by atoms with Gasteiger partial charge in [-0.05, 0) is 31.0 Å². The van der Waals surface area contributed by atoms with Crippen LogP contribution >= 0.6 is 0 Å². The number of amides is 1. The van der Waals surface area contributed by atoms with Crippen molar-refractivity contribution in [2.24, 2.45) is 0 Å². The summed E-state index contributed by atoms with van der Waals surface area (Å²) in [6.07, 6.45) is 0.975. The fourth-order valence-electron chi connectivity index (χ4n) is 2.93. The Morgan fingerprint density at radius 3 is 2.71 bits per heavy atom. The van der Waals surface area contributed by atoms with Crippen molar-refractivity contribution in [3.05, 3.63) is 65.2 Å². The number of phenols is 1. The molecule has 0 aromatic heterocycles. The van der Waals surface area contributed by atoms with Crippen LogP contribution < -0.4 is 0 Å². The van der Waals surface area contributed by atoms with E-state index in [4.69, 9.17) is 0 Å². The highest BCUT2D eigenvalue weighted by Gasteiger charge is 2.28. The zero-order valence-corrected chi connectivity index (χ0v) is 12.1. The molecular weight excluding hydrogens is 262 g/mol. The summed E-state index contributed by atoms with van der Waals surface area (Å²) in [5.41, 5.74) is 2.67. The second-order valence-corrected chi connectivity index (χ2v) is 5.67. The van der Waals surface area contributed by atoms with Crippen molar-refractivity contribution >= 4 is 5.91 Å². The van der Waals surface area contributed by atoms with Gasteiger partial charge >= 0.3 is 0 Å². The quantitative estimate of drug-likeness (QED) is 0.917. The number of benzene rings is 2. The van der Waals surface area contributed by atoms with E-state index in [1.165, 1.54) is 5.56 Å². The maximum absolute atomic E-state index is 12.6. The molecule has 1 fully saturated rings. The highest BCUT2D eigenvalue weighted by molar-refractivity contribution is 5.97. The van der Waals surface area contributed by atoms with Crippen LogP contribution in [0.3, 0.4) is 0 Å². The van der Waals surface area contributed by atoms with Crippen molar-refractivity contribution in [3.8, 4) is 5.75 Å². The first-order valence-electron chi connectivity index (χ1n) is 7.29. The van der Waals surface area contributed by atoms with Crippen molar-refractivity contribution < 1.29 is 9.90 Å². The molecule has 1 heterocycles. The van der Waals surface area contributed by atoms with Gasteiger partial charge in [-0.2, -0.15) is 0 Å². The Morgan fingerprint density at radius 1 is 1.19 bits per heavy atom. The summed E-state index contributed by atoms with van der Waals surface area (Å²) in [6.45, 7) is 3.38. The summed E-state index contributed by atoms with van der Waals surface area (Å²) >= 11 is 0. The zero-order chi connectivity index (χ0) is 14.8. The molecule has 1 unspecified atom stereocenters. The predicted octanol–water partition coefficient (Wildman–Crippen LogP) is 3.33. The Bertz CT molecular complexity index is 652. The maximum atomic E-state index is 12.6. The first kappa shape index (κ1) is 13.7. The summed E-state index contributed by atoms with van der Waals surface area (Å²) in [5.74, 6) is 0.380. The first-order chi connectivity index (χ1) is 10.1. The lowest BCUT2D eigenvalue weighted by Gasteiger charge is -2.17. The molecule has 108 valence electrons. The van der Waals surface area contributed by atoms with E-state index in [2.05, 4.69) is 12.1 Å². The summed E-state index contributed by atoms with van der Waals surface area (Å²) in [6, 6.07) is 15.5. The average molecular weight is 281 g/mol. The minimum Gasteiger partial charge on any atom is -0.507 e. The first-order valence-corrected chi connectivity index (χ1v) is 7.29. The molecule has 0 bridgehead atoms. The SMILES string of the molecule is Cc1ccc(O)c(C(=O)N2CCC(c3ccccc3)C2)c1. The number of carbonyl (C=O) groups excluding carboxylic acids is 1. The molecule has 1 aliphatic rings. The standard InChI is InChI=1S/C18H19NO2/c1-13-7-8-17(20)16(11-13)18(21)19-10-9-15(12-19)14-5-3-2-4-6-14/h2-8,11,15,20H,9-10,12H2,1H3. The highest BCUT2D eigenvalue weighted by atomic mass is 16.3. The highest BCUT2D eigenvalue weighted by Crippen LogP contribution is 2.29. The number of aromatic hydroxyl groups is 1. The van der Waals surface area contributed by atoms with Gasteiger partial charge in [-0.1, -0.05) is 42.0 Å². The van der Waals surface area contributed by atoms with Gasteiger partial charge in [0.05, 0.1) is 5.56 Å². The summed E-state index contributed by atoms with van der Waals surface area (Å²) in [4.78, 5) is 14.4. The molecule has 3 nitrogen and oxygen atoms in total. The molecule has 3 rings (SSSR count). The Kier molecular flexibility index (Phi) is 3.65. The van der Waals surface area contributed by atoms with E-state index in [0.717, 1.165) is 25.1 Å². The molecule has 0 radical (unpaired) electrons. The Morgan fingerprint density at radius 2 is 1.95 bits per heavy atom. The summed E-state index contributed by atoms with van der Waals surface area (Å²) in [5, 5.41) is 9.90. The van der Waals surface area contributed by atoms with Crippen LogP contribution in [0.4, 0.5) is 0 Å². The molecule has 0 spiro atoms. The van der Waals surface area contributed by atoms with Crippen molar-refractivity contribution in [3.63, 3.8) is 0 Å². The molecule has 1 N–H and O–H groups in total. The Labute approximate surface area is 124 Å². The van der Waals surface area contributed by atoms with Crippen LogP contribution in [0.2, 0.25) is 0 Å². The molecule has 1 aliphatic heterocycles. The third-order valence-electron chi connectivity index (χ3n) is 4.13. The van der Waals surface area contributed by atoms with Crippen LogP contribution in [-0.4, -0.2) is 29.0 Å². The van der Waals surface area contributed by atoms with Crippen molar-refractivity contribution in [1.82, 2.24) is 4.90 Å². The van der Waals surface area contributed by atoms with Gasteiger partial charge in [-0.3, -0.25) is 4.79 Å². The van der Waals surface area contributed by atoms with Gasteiger partial charge < -0.3 is 10.0 Å². The molecule has 1 atom stereocenters. The van der Waals surface area contributed by atoms with Crippen molar-refractivity contribution in [2.45, 2.75) is 19.3 Å². The predicted molar refractivity (Wildman–Crippen MR) is 82.5 cm³/mol. The lowest BCUT2D eigenvalue weighted by molar-refractivity contribution is 0.0787. The van der Waals surface area contributed by atoms with Crippen LogP contribution in [0, 0.1) is 6.92 Å². The van der Waals surface area contributed by atoms with Crippen LogP contribution in [-0.2, 0) is 0 Å². The number of nitrogens with zero attached hydrogens (tertiary/aromatic N) is 1. The van der Waals surface area contributed by atoms with Gasteiger partial charge in [0, 0.05) is 19.0 Å². The molecule has 0 saturated carbocycles. The fourth-order valence-corrected chi connectivity index (χ4v) is 2.93. The average Bonchev–Trinajstić information content (AvgIpc) is 3.00. The van der Waals surface area contributed by atoms with Crippen LogP contribution in [0.5, 0.6) is 5.75 Å². The van der Waals surface area contributed by atoms with E-state index in [1.807, 2.05) is 36.1 Å². The van der Waals surface area contributed by atoms with E-state index < -0.39 is 0 Å². The van der Waals surface area contributed by atoms with E-state index in [9.17, 15) is 9.90 Å². The van der Waals surface area contributed by atoms with Gasteiger partial charge in [0.25, 0.3) is 5.91 Å². The fraction of sp³-hybridized carbons (Fsp3) is 0.278. The molecular formula is C18H19NO2. The van der Waals surface area contributed by atoms with Crippen LogP contribution in [0.1, 0.15) is 33.8 Å². The molecule has 0 aliphatic carbocycles. The third kappa shape index (κ3) is 2.77. The normalized spacial score (nSPS) is 18.0. The molecule has 2 aromatic carbocycles. The lowest BCUT2D eigenvalue weighted by Crippen LogP contribution is -2.28. The maximum Gasteiger partial charge on any atom is 0.257 e. The van der Waals surface area contributed by atoms with Gasteiger partial charge in [-0.15, -0.1) is 0 Å². The topological polar surface area (TPSA) is 40.5 Å². The van der Waals surface area contributed by atoms with Crippen molar-refractivity contribution in [2.75, 3.05) is 13.1 Å². The van der Waals surface area contributed by atoms with E-state index in [0.29, 0.717) is 11.5 Å². The monoisotopic (exact) mass is 281 g/mol. The van der Waals surface area contributed by atoms with Crippen molar-refractivity contribution in [1.29, 1.82) is 0 Å². The number of aryl methyl sites for hydroxylation is 1. The third-order valence-corrected chi connectivity index (χ3v) is 4.13. The van der Waals surface area contributed by atoms with Gasteiger partial charge in [0.15, 0.2) is 0 Å². The second-order valence-electron chi connectivity index (χ2n) is 5.67. The van der Waals surface area contributed by atoms with E-state index >= 15 is 0 Å². The minimum atomic E-state index is -0.0744. The largest absolute Gasteiger partial charge is 0.507 e. The van der Waals surface area contributed by atoms with Crippen LogP contribution in [0.15, 0.2) is 48.5 Å².